The number of ether oxygens (including phenoxy) is 4. The molecule has 57 heavy (non-hydrogen) atoms. The number of aliphatic hydroxyl groups is 4. The van der Waals surface area contributed by atoms with Crippen molar-refractivity contribution in [1.82, 2.24) is 0 Å². The van der Waals surface area contributed by atoms with Crippen LogP contribution in [0, 0.1) is 0 Å². The third-order valence-electron chi connectivity index (χ3n) is 10.2. The summed E-state index contributed by atoms with van der Waals surface area (Å²) in [6.07, 6.45) is 42.4. The second kappa shape index (κ2) is 39.4. The van der Waals surface area contributed by atoms with Crippen LogP contribution in [0.3, 0.4) is 0 Å². The fourth-order valence-electron chi connectivity index (χ4n) is 6.64. The topological polar surface area (TPSA) is 135 Å². The zero-order chi connectivity index (χ0) is 41.4. The number of aliphatic hydroxyl groups excluding tert-OH is 4. The van der Waals surface area contributed by atoms with Crippen LogP contribution in [0.2, 0.25) is 0 Å². The maximum absolute atomic E-state index is 12.8. The first kappa shape index (κ1) is 52.9. The van der Waals surface area contributed by atoms with Gasteiger partial charge in [0.15, 0.2) is 6.29 Å². The molecule has 0 spiro atoms. The lowest BCUT2D eigenvalue weighted by Gasteiger charge is -2.39. The van der Waals surface area contributed by atoms with Crippen molar-refractivity contribution < 1.29 is 44.2 Å². The van der Waals surface area contributed by atoms with Crippen LogP contribution in [0.25, 0.3) is 0 Å². The van der Waals surface area contributed by atoms with Crippen molar-refractivity contribution in [3.63, 3.8) is 0 Å². The van der Waals surface area contributed by atoms with Gasteiger partial charge in [0, 0.05) is 13.0 Å². The quantitative estimate of drug-likeness (QED) is 0.0273. The average Bonchev–Trinajstić information content (AvgIpc) is 3.21. The third-order valence-corrected chi connectivity index (χ3v) is 10.2. The first-order chi connectivity index (χ1) is 27.9. The van der Waals surface area contributed by atoms with E-state index in [-0.39, 0.29) is 19.2 Å². The van der Waals surface area contributed by atoms with E-state index in [4.69, 9.17) is 18.9 Å². The Bertz CT molecular complexity index is 1050. The number of allylic oxidation sites excluding steroid dienone is 10. The summed E-state index contributed by atoms with van der Waals surface area (Å²) in [5, 5.41) is 40.1. The van der Waals surface area contributed by atoms with Crippen molar-refractivity contribution >= 4 is 5.97 Å². The second-order valence-corrected chi connectivity index (χ2v) is 15.5. The Labute approximate surface area is 347 Å². The molecule has 9 heteroatoms. The Morgan fingerprint density at radius 3 is 1.61 bits per heavy atom. The molecular weight excluding hydrogens is 721 g/mol. The molecule has 1 fully saturated rings. The van der Waals surface area contributed by atoms with Crippen molar-refractivity contribution in [3.05, 3.63) is 60.8 Å². The van der Waals surface area contributed by atoms with E-state index in [1.807, 2.05) is 0 Å². The van der Waals surface area contributed by atoms with E-state index in [0.29, 0.717) is 13.0 Å². The lowest BCUT2D eigenvalue weighted by Crippen LogP contribution is -2.59. The van der Waals surface area contributed by atoms with E-state index in [1.54, 1.807) is 0 Å². The zero-order valence-corrected chi connectivity index (χ0v) is 36.1. The van der Waals surface area contributed by atoms with Crippen LogP contribution < -0.4 is 0 Å². The molecule has 9 nitrogen and oxygen atoms in total. The highest BCUT2D eigenvalue weighted by Gasteiger charge is 2.44. The molecule has 0 aromatic carbocycles. The van der Waals surface area contributed by atoms with Gasteiger partial charge in [-0.2, -0.15) is 0 Å². The number of hydrogen-bond acceptors (Lipinski definition) is 9. The first-order valence-corrected chi connectivity index (χ1v) is 22.9. The summed E-state index contributed by atoms with van der Waals surface area (Å²) in [5.41, 5.74) is 0. The standard InChI is InChI=1S/C48H84O9/c1-3-5-7-9-11-13-15-16-17-18-19-20-21-22-23-24-25-26-27-29-31-33-35-37-44(50)56-42(41-55-48-47(53)46(52)45(51)43(39-49)57-48)40-54-38-36-34-32-30-28-14-12-10-8-6-4-2/h5,7,11,13,16-17,19-20,22-23,42-43,45-49,51-53H,3-4,6,8-10,12,14-15,18,21,24-41H2,1-2H3/b7-5-,13-11-,17-16-,20-19-,23-22-. The van der Waals surface area contributed by atoms with Gasteiger partial charge in [0.05, 0.1) is 19.8 Å². The van der Waals surface area contributed by atoms with Gasteiger partial charge in [-0.05, 0) is 57.8 Å². The largest absolute Gasteiger partial charge is 0.457 e. The molecule has 6 atom stereocenters. The third kappa shape index (κ3) is 30.6. The fraction of sp³-hybridized carbons (Fsp3) is 0.771. The van der Waals surface area contributed by atoms with Crippen molar-refractivity contribution in [2.75, 3.05) is 26.4 Å². The average molecular weight is 805 g/mol. The van der Waals surface area contributed by atoms with Gasteiger partial charge >= 0.3 is 5.97 Å². The molecule has 0 aromatic rings. The number of rotatable bonds is 38. The predicted molar refractivity (Wildman–Crippen MR) is 233 cm³/mol. The Hall–Kier alpha value is -2.11. The first-order valence-electron chi connectivity index (χ1n) is 22.9. The molecule has 0 amide bonds. The van der Waals surface area contributed by atoms with E-state index in [1.165, 1.54) is 77.0 Å². The monoisotopic (exact) mass is 805 g/mol. The second-order valence-electron chi connectivity index (χ2n) is 15.5. The number of unbranched alkanes of at least 4 members (excludes halogenated alkanes) is 17. The molecule has 0 aromatic heterocycles. The van der Waals surface area contributed by atoms with Crippen molar-refractivity contribution in [1.29, 1.82) is 0 Å². The molecule has 4 N–H and O–H groups in total. The van der Waals surface area contributed by atoms with Crippen LogP contribution in [-0.2, 0) is 23.7 Å². The van der Waals surface area contributed by atoms with Gasteiger partial charge in [0.1, 0.15) is 30.5 Å². The smallest absolute Gasteiger partial charge is 0.306 e. The number of hydrogen-bond donors (Lipinski definition) is 4. The summed E-state index contributed by atoms with van der Waals surface area (Å²) in [4.78, 5) is 12.8. The van der Waals surface area contributed by atoms with Crippen molar-refractivity contribution in [2.24, 2.45) is 0 Å². The maximum atomic E-state index is 12.8. The molecular formula is C48H84O9. The zero-order valence-electron chi connectivity index (χ0n) is 36.1. The molecule has 1 rings (SSSR count). The number of esters is 1. The predicted octanol–water partition coefficient (Wildman–Crippen LogP) is 10.3. The van der Waals surface area contributed by atoms with Crippen LogP contribution >= 0.6 is 0 Å². The van der Waals surface area contributed by atoms with Crippen molar-refractivity contribution in [2.45, 2.75) is 211 Å². The lowest BCUT2D eigenvalue weighted by molar-refractivity contribution is -0.305. The summed E-state index contributed by atoms with van der Waals surface area (Å²) in [5.74, 6) is -0.326. The highest BCUT2D eigenvalue weighted by molar-refractivity contribution is 5.69. The van der Waals surface area contributed by atoms with Gasteiger partial charge in [-0.3, -0.25) is 4.79 Å². The van der Waals surface area contributed by atoms with Gasteiger partial charge in [0.2, 0.25) is 0 Å². The van der Waals surface area contributed by atoms with Gasteiger partial charge < -0.3 is 39.4 Å². The van der Waals surface area contributed by atoms with Crippen LogP contribution in [0.15, 0.2) is 60.8 Å². The van der Waals surface area contributed by atoms with Gasteiger partial charge in [-0.15, -0.1) is 0 Å². The molecule has 6 unspecified atom stereocenters. The summed E-state index contributed by atoms with van der Waals surface area (Å²) < 4.78 is 22.8. The van der Waals surface area contributed by atoms with Crippen LogP contribution in [-0.4, -0.2) is 89.6 Å². The van der Waals surface area contributed by atoms with E-state index < -0.39 is 43.4 Å². The maximum Gasteiger partial charge on any atom is 0.306 e. The van der Waals surface area contributed by atoms with E-state index >= 15 is 0 Å². The summed E-state index contributed by atoms with van der Waals surface area (Å²) in [7, 11) is 0. The van der Waals surface area contributed by atoms with Crippen LogP contribution in [0.1, 0.15) is 174 Å². The van der Waals surface area contributed by atoms with Gasteiger partial charge in [-0.25, -0.2) is 0 Å². The minimum atomic E-state index is -1.54. The summed E-state index contributed by atoms with van der Waals surface area (Å²) in [6, 6.07) is 0. The molecule has 0 saturated carbocycles. The molecule has 0 bridgehead atoms. The Morgan fingerprint density at radius 1 is 0.579 bits per heavy atom. The fourth-order valence-corrected chi connectivity index (χ4v) is 6.64. The lowest BCUT2D eigenvalue weighted by atomic mass is 9.99. The SMILES string of the molecule is CC/C=C\C/C=C\C/C=C\C/C=C\C/C=C\CCCCCCCCCC(=O)OC(COCCCCCCCCCCCCC)COC1OC(CO)C(O)C(O)C1O. The molecule has 0 aliphatic carbocycles. The number of carbonyl (C=O) groups excluding carboxylic acids is 1. The highest BCUT2D eigenvalue weighted by Crippen LogP contribution is 2.22. The van der Waals surface area contributed by atoms with Crippen LogP contribution in [0.5, 0.6) is 0 Å². The minimum Gasteiger partial charge on any atom is -0.457 e. The van der Waals surface area contributed by atoms with Crippen LogP contribution in [0.4, 0.5) is 0 Å². The molecule has 330 valence electrons. The van der Waals surface area contributed by atoms with E-state index in [9.17, 15) is 25.2 Å². The Morgan fingerprint density at radius 2 is 1.07 bits per heavy atom. The number of carbonyl (C=O) groups is 1. The molecule has 1 heterocycles. The van der Waals surface area contributed by atoms with E-state index in [2.05, 4.69) is 74.6 Å². The minimum absolute atomic E-state index is 0.119. The summed E-state index contributed by atoms with van der Waals surface area (Å²) in [6.45, 7) is 4.42. The normalized spacial score (nSPS) is 21.0. The molecule has 1 aliphatic rings. The highest BCUT2D eigenvalue weighted by atomic mass is 16.7. The van der Waals surface area contributed by atoms with Crippen molar-refractivity contribution in [3.8, 4) is 0 Å². The Balaban J connectivity index is 2.24. The summed E-state index contributed by atoms with van der Waals surface area (Å²) >= 11 is 0. The van der Waals surface area contributed by atoms with Gasteiger partial charge in [-0.1, -0.05) is 171 Å². The Kier molecular flexibility index (Phi) is 36.5. The van der Waals surface area contributed by atoms with Gasteiger partial charge in [0.25, 0.3) is 0 Å². The molecule has 1 saturated heterocycles. The molecule has 0 radical (unpaired) electrons. The van der Waals surface area contributed by atoms with E-state index in [0.717, 1.165) is 77.0 Å². The molecule has 1 aliphatic heterocycles.